The number of hydrogen-bond acceptors (Lipinski definition) is 6. The normalized spacial score (nSPS) is 16.9. The maximum absolute atomic E-state index is 12.9. The van der Waals surface area contributed by atoms with Crippen molar-refractivity contribution in [3.05, 3.63) is 52.0 Å². The van der Waals surface area contributed by atoms with Crippen molar-refractivity contribution >= 4 is 56.5 Å². The molecular weight excluding hydrogens is 467 g/mol. The zero-order valence-electron chi connectivity index (χ0n) is 15.2. The molecule has 4 rings (SSSR count). The number of piperidine rings is 1. The first kappa shape index (κ1) is 18.9. The second kappa shape index (κ2) is 7.88. The minimum absolute atomic E-state index is 0.130. The smallest absolute Gasteiger partial charge is 0.276 e. The lowest BCUT2D eigenvalue weighted by molar-refractivity contribution is 0.102. The third-order valence-electron chi connectivity index (χ3n) is 4.87. The number of carbonyl (C=O) groups excluding carboxylic acids is 1. The van der Waals surface area contributed by atoms with Crippen molar-refractivity contribution in [2.75, 3.05) is 29.0 Å². The number of fused-ring (bicyclic) bond motifs is 1. The van der Waals surface area contributed by atoms with Crippen molar-refractivity contribution in [3.63, 3.8) is 0 Å². The number of nitrogen functional groups attached to an aromatic ring is 1. The van der Waals surface area contributed by atoms with E-state index in [2.05, 4.69) is 42.8 Å². The molecule has 2 aromatic heterocycles. The van der Waals surface area contributed by atoms with E-state index in [4.69, 9.17) is 11.5 Å². The monoisotopic (exact) mass is 488 g/mol. The van der Waals surface area contributed by atoms with Crippen LogP contribution in [0.25, 0.3) is 10.9 Å². The van der Waals surface area contributed by atoms with Crippen molar-refractivity contribution in [1.29, 1.82) is 0 Å². The minimum Gasteiger partial charge on any atom is -0.397 e. The summed E-state index contributed by atoms with van der Waals surface area (Å²) < 4.78 is 1.05. The summed E-state index contributed by atoms with van der Waals surface area (Å²) in [4.78, 5) is 23.8. The second-order valence-corrected chi connectivity index (χ2v) is 8.20. The highest BCUT2D eigenvalue weighted by atomic mass is 127. The highest BCUT2D eigenvalue weighted by Gasteiger charge is 2.21. The van der Waals surface area contributed by atoms with Crippen LogP contribution in [0.2, 0.25) is 0 Å². The molecule has 0 unspecified atom stereocenters. The molecule has 1 aromatic carbocycles. The topological polar surface area (TPSA) is 110 Å². The van der Waals surface area contributed by atoms with E-state index in [0.717, 1.165) is 46.1 Å². The molecule has 1 fully saturated rings. The van der Waals surface area contributed by atoms with Gasteiger partial charge in [-0.2, -0.15) is 0 Å². The van der Waals surface area contributed by atoms with Crippen LogP contribution >= 0.6 is 22.6 Å². The van der Waals surface area contributed by atoms with E-state index in [1.807, 2.05) is 24.3 Å². The number of nitrogens with one attached hydrogen (secondary N) is 1. The van der Waals surface area contributed by atoms with Crippen LogP contribution in [0.4, 0.5) is 17.1 Å². The highest BCUT2D eigenvalue weighted by molar-refractivity contribution is 14.1. The molecule has 144 valence electrons. The first-order valence-electron chi connectivity index (χ1n) is 9.13. The summed E-state index contributed by atoms with van der Waals surface area (Å²) >= 11 is 2.22. The number of anilines is 3. The number of halogens is 1. The molecule has 0 aliphatic carbocycles. The fourth-order valence-electron chi connectivity index (χ4n) is 3.51. The summed E-state index contributed by atoms with van der Waals surface area (Å²) in [6.45, 7) is 1.65. The van der Waals surface area contributed by atoms with E-state index in [0.29, 0.717) is 11.4 Å². The van der Waals surface area contributed by atoms with Gasteiger partial charge in [-0.3, -0.25) is 9.78 Å². The number of aromatic nitrogens is 2. The van der Waals surface area contributed by atoms with Crippen molar-refractivity contribution in [3.8, 4) is 0 Å². The molecule has 7 nitrogen and oxygen atoms in total. The van der Waals surface area contributed by atoms with Gasteiger partial charge in [0.2, 0.25) is 0 Å². The van der Waals surface area contributed by atoms with Crippen LogP contribution in [-0.2, 0) is 0 Å². The molecule has 1 amide bonds. The summed E-state index contributed by atoms with van der Waals surface area (Å²) in [5.41, 5.74) is 15.1. The number of hydrogen-bond donors (Lipinski definition) is 3. The van der Waals surface area contributed by atoms with E-state index in [1.54, 1.807) is 18.5 Å². The van der Waals surface area contributed by atoms with Crippen LogP contribution in [0, 0.1) is 3.57 Å². The van der Waals surface area contributed by atoms with Gasteiger partial charge in [-0.05, 0) is 59.7 Å². The number of nitrogens with zero attached hydrogens (tertiary/aromatic N) is 3. The van der Waals surface area contributed by atoms with E-state index in [9.17, 15) is 4.79 Å². The van der Waals surface area contributed by atoms with E-state index >= 15 is 0 Å². The maximum atomic E-state index is 12.9. The van der Waals surface area contributed by atoms with Crippen LogP contribution in [-0.4, -0.2) is 35.0 Å². The Morgan fingerprint density at radius 1 is 1.29 bits per heavy atom. The molecular formula is C20H21IN6O. The van der Waals surface area contributed by atoms with Gasteiger partial charge < -0.3 is 21.7 Å². The van der Waals surface area contributed by atoms with Crippen molar-refractivity contribution < 1.29 is 4.79 Å². The minimum atomic E-state index is -0.353. The van der Waals surface area contributed by atoms with Gasteiger partial charge in [-0.25, -0.2) is 4.98 Å². The molecule has 0 radical (unpaired) electrons. The second-order valence-electron chi connectivity index (χ2n) is 6.96. The molecule has 28 heavy (non-hydrogen) atoms. The van der Waals surface area contributed by atoms with Crippen molar-refractivity contribution in [2.24, 2.45) is 5.73 Å². The molecule has 1 aliphatic heterocycles. The average Bonchev–Trinajstić information content (AvgIpc) is 2.68. The van der Waals surface area contributed by atoms with Gasteiger partial charge in [-0.15, -0.1) is 0 Å². The van der Waals surface area contributed by atoms with Crippen LogP contribution in [0.1, 0.15) is 23.3 Å². The lowest BCUT2D eigenvalue weighted by Gasteiger charge is -2.33. The zero-order valence-corrected chi connectivity index (χ0v) is 17.4. The largest absolute Gasteiger partial charge is 0.397 e. The van der Waals surface area contributed by atoms with Crippen molar-refractivity contribution in [1.82, 2.24) is 9.97 Å². The molecule has 1 aliphatic rings. The Hall–Kier alpha value is -2.46. The third-order valence-corrected chi connectivity index (χ3v) is 5.54. The third kappa shape index (κ3) is 3.88. The molecule has 0 saturated carbocycles. The zero-order chi connectivity index (χ0) is 19.7. The fraction of sp³-hybridized carbons (Fsp3) is 0.250. The quantitative estimate of drug-likeness (QED) is 0.489. The standard InChI is InChI=1S/C20H21IN6O/c21-13-4-3-12-8-15(23)19(25-16(12)9-13)20(28)26-17-10-24-6-5-18(17)27-7-1-2-14(22)11-27/h3-6,8-10,14H,1-2,7,11,22-23H2,(H,26,28)/t14-/m0/s1. The van der Waals surface area contributed by atoms with Gasteiger partial charge >= 0.3 is 0 Å². The molecule has 5 N–H and O–H groups in total. The summed E-state index contributed by atoms with van der Waals surface area (Å²) in [7, 11) is 0. The van der Waals surface area contributed by atoms with Gasteiger partial charge in [0.1, 0.15) is 0 Å². The average molecular weight is 488 g/mol. The summed E-state index contributed by atoms with van der Waals surface area (Å²) in [5.74, 6) is -0.353. The Kier molecular flexibility index (Phi) is 5.31. The Balaban J connectivity index is 1.64. The molecule has 0 bridgehead atoms. The molecule has 0 spiro atoms. The summed E-state index contributed by atoms with van der Waals surface area (Å²) in [6.07, 6.45) is 5.40. The van der Waals surface area contributed by atoms with Crippen LogP contribution < -0.4 is 21.7 Å². The van der Waals surface area contributed by atoms with Gasteiger partial charge in [0, 0.05) is 34.3 Å². The Labute approximate surface area is 176 Å². The van der Waals surface area contributed by atoms with Crippen LogP contribution in [0.5, 0.6) is 0 Å². The Bertz CT molecular complexity index is 1040. The van der Waals surface area contributed by atoms with E-state index in [1.165, 1.54) is 0 Å². The Morgan fingerprint density at radius 2 is 2.14 bits per heavy atom. The molecule has 8 heteroatoms. The van der Waals surface area contributed by atoms with Gasteiger partial charge in [0.25, 0.3) is 5.91 Å². The highest BCUT2D eigenvalue weighted by Crippen LogP contribution is 2.28. The predicted octanol–water partition coefficient (Wildman–Crippen LogP) is 3.00. The first-order valence-corrected chi connectivity index (χ1v) is 10.2. The number of amides is 1. The number of nitrogens with two attached hydrogens (primary N) is 2. The maximum Gasteiger partial charge on any atom is 0.276 e. The predicted molar refractivity (Wildman–Crippen MR) is 120 cm³/mol. The molecule has 1 saturated heterocycles. The van der Waals surface area contributed by atoms with Crippen molar-refractivity contribution in [2.45, 2.75) is 18.9 Å². The summed E-state index contributed by atoms with van der Waals surface area (Å²) in [5, 5.41) is 3.83. The molecule has 1 atom stereocenters. The van der Waals surface area contributed by atoms with E-state index < -0.39 is 0 Å². The van der Waals surface area contributed by atoms with E-state index in [-0.39, 0.29) is 17.6 Å². The number of rotatable bonds is 3. The number of benzene rings is 1. The van der Waals surface area contributed by atoms with Gasteiger partial charge in [0.15, 0.2) is 5.69 Å². The number of pyridine rings is 2. The van der Waals surface area contributed by atoms with Crippen LogP contribution in [0.15, 0.2) is 42.7 Å². The lowest BCUT2D eigenvalue weighted by atomic mass is 10.1. The molecule has 3 aromatic rings. The van der Waals surface area contributed by atoms with Crippen LogP contribution in [0.3, 0.4) is 0 Å². The summed E-state index contributed by atoms with van der Waals surface area (Å²) in [6, 6.07) is 9.66. The number of carbonyl (C=O) groups is 1. The first-order chi connectivity index (χ1) is 13.5. The lowest BCUT2D eigenvalue weighted by Crippen LogP contribution is -2.43. The Morgan fingerprint density at radius 3 is 2.96 bits per heavy atom. The molecule has 3 heterocycles. The SMILES string of the molecule is Nc1cc2ccc(I)cc2nc1C(=O)Nc1cnccc1N1CCC[C@H](N)C1. The fourth-order valence-corrected chi connectivity index (χ4v) is 3.98. The van der Waals surface area contributed by atoms with Gasteiger partial charge in [-0.1, -0.05) is 6.07 Å². The van der Waals surface area contributed by atoms with Gasteiger partial charge in [0.05, 0.1) is 28.8 Å².